The summed E-state index contributed by atoms with van der Waals surface area (Å²) in [6, 6.07) is 4.68. The van der Waals surface area contributed by atoms with Crippen molar-refractivity contribution in [2.45, 2.75) is 11.8 Å². The van der Waals surface area contributed by atoms with Gasteiger partial charge < -0.3 is 9.52 Å². The van der Waals surface area contributed by atoms with Crippen molar-refractivity contribution in [1.29, 1.82) is 0 Å². The van der Waals surface area contributed by atoms with Crippen molar-refractivity contribution in [1.82, 2.24) is 4.98 Å². The number of aromatic amines is 1. The van der Waals surface area contributed by atoms with Crippen LogP contribution in [0.4, 0.5) is 0 Å². The van der Waals surface area contributed by atoms with Crippen molar-refractivity contribution in [2.75, 3.05) is 0 Å². The molecule has 0 saturated heterocycles. The van der Waals surface area contributed by atoms with Crippen LogP contribution in [0.3, 0.4) is 0 Å². The van der Waals surface area contributed by atoms with Crippen LogP contribution < -0.4 is 5.76 Å². The molecule has 0 bridgehead atoms. The lowest BCUT2D eigenvalue weighted by atomic mass is 9.99. The number of hydrogen-bond acceptors (Lipinski definition) is 3. The van der Waals surface area contributed by atoms with Crippen LogP contribution in [0.5, 0.6) is 0 Å². The largest absolute Gasteiger partial charge is 0.480 e. The number of H-pyrrole nitrogens is 1. The van der Waals surface area contributed by atoms with Crippen molar-refractivity contribution in [3.05, 3.63) is 34.3 Å². The van der Waals surface area contributed by atoms with Gasteiger partial charge >= 0.3 is 11.7 Å². The second kappa shape index (κ2) is 3.38. The number of carboxylic acid groups (broad SMARTS) is 1. The van der Waals surface area contributed by atoms with E-state index in [2.05, 4.69) is 4.98 Å². The van der Waals surface area contributed by atoms with Crippen molar-refractivity contribution in [3.63, 3.8) is 0 Å². The predicted octanol–water partition coefficient (Wildman–Crippen LogP) is 1.66. The number of aromatic nitrogens is 1. The number of oxazole rings is 1. The molecule has 1 heterocycles. The fraction of sp³-hybridized carbons (Fsp3) is 0.200. The summed E-state index contributed by atoms with van der Waals surface area (Å²) in [7, 11) is 0. The third-order valence-electron chi connectivity index (χ3n) is 2.36. The fourth-order valence-corrected chi connectivity index (χ4v) is 1.64. The molecule has 84 valence electrons. The number of halogens is 1. The minimum Gasteiger partial charge on any atom is -0.480 e. The van der Waals surface area contributed by atoms with Crippen LogP contribution in [0, 0.1) is 0 Å². The molecule has 2 aromatic rings. The highest BCUT2D eigenvalue weighted by Crippen LogP contribution is 2.32. The van der Waals surface area contributed by atoms with E-state index in [4.69, 9.17) is 21.1 Å². The summed E-state index contributed by atoms with van der Waals surface area (Å²) < 4.78 is 4.82. The summed E-state index contributed by atoms with van der Waals surface area (Å²) in [6.07, 6.45) is 0. The van der Waals surface area contributed by atoms with Gasteiger partial charge in [-0.2, -0.15) is 0 Å². The average Bonchev–Trinajstić information content (AvgIpc) is 2.56. The summed E-state index contributed by atoms with van der Waals surface area (Å²) >= 11 is 5.92. The number of alkyl halides is 1. The topological polar surface area (TPSA) is 83.3 Å². The maximum absolute atomic E-state index is 11.0. The summed E-state index contributed by atoms with van der Waals surface area (Å²) in [4.78, 5) is 22.9. The van der Waals surface area contributed by atoms with Crippen LogP contribution in [0.1, 0.15) is 12.5 Å². The van der Waals surface area contributed by atoms with Gasteiger partial charge in [-0.05, 0) is 13.0 Å². The van der Waals surface area contributed by atoms with Crippen LogP contribution in [-0.4, -0.2) is 16.1 Å². The number of para-hydroxylation sites is 1. The number of rotatable bonds is 2. The Balaban J connectivity index is 2.78. The Hall–Kier alpha value is -1.75. The molecule has 0 fully saturated rings. The Morgan fingerprint density at radius 3 is 2.88 bits per heavy atom. The van der Waals surface area contributed by atoms with Crippen LogP contribution >= 0.6 is 11.6 Å². The van der Waals surface area contributed by atoms with Gasteiger partial charge in [0, 0.05) is 5.56 Å². The van der Waals surface area contributed by atoms with E-state index in [-0.39, 0.29) is 5.58 Å². The lowest BCUT2D eigenvalue weighted by Gasteiger charge is -2.16. The lowest BCUT2D eigenvalue weighted by Crippen LogP contribution is -2.26. The Labute approximate surface area is 94.6 Å². The minimum absolute atomic E-state index is 0.288. The van der Waals surface area contributed by atoms with Crippen molar-refractivity contribution >= 4 is 28.7 Å². The second-order valence-electron chi connectivity index (χ2n) is 3.50. The lowest BCUT2D eigenvalue weighted by molar-refractivity contribution is -0.139. The molecule has 1 unspecified atom stereocenters. The van der Waals surface area contributed by atoms with E-state index < -0.39 is 16.6 Å². The molecule has 6 heteroatoms. The highest BCUT2D eigenvalue weighted by molar-refractivity contribution is 6.34. The maximum atomic E-state index is 11.0. The van der Waals surface area contributed by atoms with Crippen molar-refractivity contribution in [2.24, 2.45) is 0 Å². The van der Waals surface area contributed by atoms with Crippen LogP contribution in [0.2, 0.25) is 0 Å². The zero-order valence-corrected chi connectivity index (χ0v) is 9.04. The van der Waals surface area contributed by atoms with Crippen LogP contribution in [0.25, 0.3) is 11.1 Å². The van der Waals surface area contributed by atoms with Gasteiger partial charge in [0.1, 0.15) is 0 Å². The maximum Gasteiger partial charge on any atom is 0.417 e. The third-order valence-corrected chi connectivity index (χ3v) is 2.73. The van der Waals surface area contributed by atoms with E-state index in [1.54, 1.807) is 12.1 Å². The van der Waals surface area contributed by atoms with Gasteiger partial charge in [-0.15, -0.1) is 11.6 Å². The molecule has 0 aliphatic heterocycles. The molecule has 0 aliphatic carbocycles. The molecule has 0 aliphatic rings. The number of benzene rings is 1. The highest BCUT2D eigenvalue weighted by Gasteiger charge is 2.35. The number of nitrogens with one attached hydrogen (secondary N) is 1. The molecule has 1 aromatic carbocycles. The first kappa shape index (κ1) is 10.8. The smallest absolute Gasteiger partial charge is 0.417 e. The standard InChI is InChI=1S/C10H8ClNO4/c1-10(11,8(13)14)5-3-2-4-6-7(5)12-9(15)16-6/h2-4H,1H3,(H,12,15)(H,13,14). The first-order chi connectivity index (χ1) is 7.43. The first-order valence-corrected chi connectivity index (χ1v) is 4.85. The molecule has 2 rings (SSSR count). The fourth-order valence-electron chi connectivity index (χ4n) is 1.48. The molecular formula is C10H8ClNO4. The van der Waals surface area contributed by atoms with Gasteiger partial charge in [0.15, 0.2) is 10.5 Å². The Morgan fingerprint density at radius 2 is 2.25 bits per heavy atom. The molecule has 1 aromatic heterocycles. The number of fused-ring (bicyclic) bond motifs is 1. The minimum atomic E-state index is -1.60. The number of aliphatic carboxylic acids is 1. The summed E-state index contributed by atoms with van der Waals surface area (Å²) in [6.45, 7) is 1.34. The van der Waals surface area contributed by atoms with Crippen LogP contribution in [0.15, 0.2) is 27.4 Å². The molecule has 0 saturated carbocycles. The molecule has 2 N–H and O–H groups in total. The molecule has 0 amide bonds. The van der Waals surface area contributed by atoms with Gasteiger partial charge in [-0.1, -0.05) is 12.1 Å². The second-order valence-corrected chi connectivity index (χ2v) is 4.26. The van der Waals surface area contributed by atoms with Gasteiger partial charge in [0.05, 0.1) is 5.52 Å². The average molecular weight is 242 g/mol. The van der Waals surface area contributed by atoms with E-state index in [1.807, 2.05) is 0 Å². The van der Waals surface area contributed by atoms with Crippen molar-refractivity contribution in [3.8, 4) is 0 Å². The van der Waals surface area contributed by atoms with Gasteiger partial charge in [0.25, 0.3) is 0 Å². The van der Waals surface area contributed by atoms with E-state index in [9.17, 15) is 9.59 Å². The number of carboxylic acids is 1. The molecule has 5 nitrogen and oxygen atoms in total. The van der Waals surface area contributed by atoms with E-state index in [1.165, 1.54) is 13.0 Å². The first-order valence-electron chi connectivity index (χ1n) is 4.47. The highest BCUT2D eigenvalue weighted by atomic mass is 35.5. The molecule has 1 atom stereocenters. The molecule has 0 radical (unpaired) electrons. The third kappa shape index (κ3) is 1.49. The Bertz CT molecular complexity index is 611. The summed E-state index contributed by atoms with van der Waals surface area (Å²) in [5.41, 5.74) is 0.896. The Kier molecular flexibility index (Phi) is 2.27. The predicted molar refractivity (Wildman–Crippen MR) is 57.7 cm³/mol. The quantitative estimate of drug-likeness (QED) is 0.784. The zero-order chi connectivity index (χ0) is 11.9. The van der Waals surface area contributed by atoms with Gasteiger partial charge in [0.2, 0.25) is 0 Å². The SMILES string of the molecule is CC(Cl)(C(=O)O)c1cccc2oc(=O)[nH]c12. The molecule has 0 spiro atoms. The Morgan fingerprint density at radius 1 is 1.56 bits per heavy atom. The molecule has 16 heavy (non-hydrogen) atoms. The number of carbonyl (C=O) groups is 1. The van der Waals surface area contributed by atoms with E-state index >= 15 is 0 Å². The van der Waals surface area contributed by atoms with Gasteiger partial charge in [-0.25, -0.2) is 9.59 Å². The van der Waals surface area contributed by atoms with E-state index in [0.29, 0.717) is 11.1 Å². The van der Waals surface area contributed by atoms with Crippen LogP contribution in [-0.2, 0) is 9.67 Å². The number of hydrogen-bond donors (Lipinski definition) is 2. The van der Waals surface area contributed by atoms with Crippen molar-refractivity contribution < 1.29 is 14.3 Å². The zero-order valence-electron chi connectivity index (χ0n) is 8.28. The van der Waals surface area contributed by atoms with E-state index in [0.717, 1.165) is 0 Å². The van der Waals surface area contributed by atoms with Gasteiger partial charge in [-0.3, -0.25) is 4.98 Å². The monoisotopic (exact) mass is 241 g/mol. The summed E-state index contributed by atoms with van der Waals surface area (Å²) in [5.74, 6) is -1.83. The summed E-state index contributed by atoms with van der Waals surface area (Å²) in [5, 5.41) is 9.01. The normalized spacial score (nSPS) is 14.9. The molecular weight excluding hydrogens is 234 g/mol.